The van der Waals surface area contributed by atoms with Crippen LogP contribution in [0.5, 0.6) is 0 Å². The summed E-state index contributed by atoms with van der Waals surface area (Å²) in [5.41, 5.74) is 2.75. The van der Waals surface area contributed by atoms with Gasteiger partial charge in [-0.3, -0.25) is 14.3 Å². The summed E-state index contributed by atoms with van der Waals surface area (Å²) in [5, 5.41) is 2.65. The van der Waals surface area contributed by atoms with E-state index in [4.69, 9.17) is 11.6 Å². The van der Waals surface area contributed by atoms with Crippen molar-refractivity contribution < 1.29 is 20.9 Å². The van der Waals surface area contributed by atoms with Gasteiger partial charge in [0.1, 0.15) is 12.6 Å². The number of aryl methyl sites for hydroxylation is 1. The van der Waals surface area contributed by atoms with Crippen molar-refractivity contribution in [3.63, 3.8) is 0 Å². The van der Waals surface area contributed by atoms with Crippen LogP contribution in [0.15, 0.2) is 58.9 Å². The minimum atomic E-state index is -3.79. The van der Waals surface area contributed by atoms with E-state index in [1.807, 2.05) is 32.0 Å². The molecule has 12 heteroatoms. The fourth-order valence-corrected chi connectivity index (χ4v) is 7.22. The van der Waals surface area contributed by atoms with Crippen LogP contribution >= 0.6 is 22.9 Å². The van der Waals surface area contributed by atoms with Crippen molar-refractivity contribution in [1.29, 1.82) is 0 Å². The molecular weight excluding hydrogens is 558 g/mol. The number of fused-ring (bicyclic) bond motifs is 1. The van der Waals surface area contributed by atoms with Gasteiger partial charge < -0.3 is 14.7 Å². The van der Waals surface area contributed by atoms with Crippen LogP contribution in [0.1, 0.15) is 28.7 Å². The average molecular weight is 592 g/mol. The number of hydrogen-bond acceptors (Lipinski definition) is 7. The van der Waals surface area contributed by atoms with Gasteiger partial charge in [-0.15, -0.1) is 11.3 Å². The van der Waals surface area contributed by atoms with Gasteiger partial charge in [0.15, 0.2) is 5.13 Å². The van der Waals surface area contributed by atoms with E-state index in [0.29, 0.717) is 23.8 Å². The largest absolute Gasteiger partial charge is 0.359 e. The predicted octanol–water partition coefficient (Wildman–Crippen LogP) is 4.74. The first-order valence-electron chi connectivity index (χ1n) is 12.8. The smallest absolute Gasteiger partial charge is 0.263 e. The Labute approximate surface area is 240 Å². The molecule has 1 saturated heterocycles. The van der Waals surface area contributed by atoms with Gasteiger partial charge in [-0.2, -0.15) is 0 Å². The molecule has 3 heterocycles. The van der Waals surface area contributed by atoms with Crippen LogP contribution in [-0.4, -0.2) is 62.3 Å². The molecule has 1 aromatic heterocycles. The molecule has 0 aliphatic carbocycles. The first kappa shape index (κ1) is 27.4. The summed E-state index contributed by atoms with van der Waals surface area (Å²) in [7, 11) is -3.79. The van der Waals surface area contributed by atoms with E-state index in [0.717, 1.165) is 30.6 Å². The van der Waals surface area contributed by atoms with Crippen molar-refractivity contribution in [2.75, 3.05) is 40.7 Å². The summed E-state index contributed by atoms with van der Waals surface area (Å²) in [6.45, 7) is 5.51. The Hall–Kier alpha value is -3.15. The van der Waals surface area contributed by atoms with E-state index in [9.17, 15) is 18.0 Å². The zero-order valence-corrected chi connectivity index (χ0v) is 24.1. The highest BCUT2D eigenvalue weighted by molar-refractivity contribution is 7.93. The molecule has 2 aliphatic heterocycles. The monoisotopic (exact) mass is 591 g/mol. The third kappa shape index (κ3) is 5.75. The molecule has 5 rings (SSSR count). The predicted molar refractivity (Wildman–Crippen MR) is 158 cm³/mol. The van der Waals surface area contributed by atoms with Gasteiger partial charge in [-0.25, -0.2) is 13.4 Å². The fraction of sp³-hybridized carbons (Fsp3) is 0.370. The van der Waals surface area contributed by atoms with E-state index in [1.54, 1.807) is 27.3 Å². The van der Waals surface area contributed by atoms with Crippen LogP contribution < -0.4 is 14.5 Å². The minimum Gasteiger partial charge on any atom is -0.359 e. The number of amides is 2. The summed E-state index contributed by atoms with van der Waals surface area (Å²) < 4.78 is 27.7. The van der Waals surface area contributed by atoms with Crippen molar-refractivity contribution in [2.24, 2.45) is 5.92 Å². The van der Waals surface area contributed by atoms with E-state index >= 15 is 0 Å². The maximum absolute atomic E-state index is 13.8. The van der Waals surface area contributed by atoms with Crippen molar-refractivity contribution in [3.8, 4) is 0 Å². The second kappa shape index (κ2) is 11.1. The number of rotatable bonds is 7. The van der Waals surface area contributed by atoms with Gasteiger partial charge in [0.2, 0.25) is 11.8 Å². The number of anilines is 3. The molecule has 2 aliphatic rings. The maximum Gasteiger partial charge on any atom is 0.263 e. The number of piperazine rings is 1. The van der Waals surface area contributed by atoms with Gasteiger partial charge in [0.05, 0.1) is 4.90 Å². The van der Waals surface area contributed by atoms with Crippen molar-refractivity contribution in [3.05, 3.63) is 64.6 Å². The van der Waals surface area contributed by atoms with Crippen molar-refractivity contribution >= 4 is 61.3 Å². The quantitative estimate of drug-likeness (QED) is 0.426. The third-order valence-corrected chi connectivity index (χ3v) is 9.47. The van der Waals surface area contributed by atoms with Crippen LogP contribution in [0.4, 0.5) is 16.5 Å². The van der Waals surface area contributed by atoms with E-state index in [1.165, 1.54) is 29.7 Å². The standard InChI is InChI=1S/C27H30ClN5O4S2.2H2/c1-18(2)25(33-12-3-4-19-16-20(28)5-10-23(19)33)26(35)31-13-14-32(24(34)17-31)21-6-8-22(9-7-21)39(36,37)30-27-29-11-15-38-27;;/h5-11,15-16,18,25H,3-4,12-14,17H2,1-2H3,(H,29,30);2*1H/t25-;;/m1../s1. The lowest BCUT2D eigenvalue weighted by atomic mass is 9.94. The van der Waals surface area contributed by atoms with Gasteiger partial charge >= 0.3 is 0 Å². The number of carbonyl (C=O) groups excluding carboxylic acids is 2. The van der Waals surface area contributed by atoms with Gasteiger partial charge in [-0.1, -0.05) is 25.4 Å². The number of sulfonamides is 1. The summed E-state index contributed by atoms with van der Waals surface area (Å²) in [5.74, 6) is -0.227. The molecule has 2 amide bonds. The minimum absolute atomic E-state index is 0. The molecule has 9 nitrogen and oxygen atoms in total. The second-order valence-electron chi connectivity index (χ2n) is 10.0. The van der Waals surface area contributed by atoms with Crippen LogP contribution in [-0.2, 0) is 26.0 Å². The molecule has 3 aromatic rings. The Morgan fingerprint density at radius 1 is 1.13 bits per heavy atom. The van der Waals surface area contributed by atoms with Crippen molar-refractivity contribution in [1.82, 2.24) is 9.88 Å². The van der Waals surface area contributed by atoms with E-state index in [-0.39, 0.29) is 43.2 Å². The summed E-state index contributed by atoms with van der Waals surface area (Å²) in [4.78, 5) is 36.4. The second-order valence-corrected chi connectivity index (χ2v) is 13.0. The van der Waals surface area contributed by atoms with Gasteiger partial charge in [0.25, 0.3) is 10.0 Å². The Morgan fingerprint density at radius 3 is 2.56 bits per heavy atom. The van der Waals surface area contributed by atoms with Crippen LogP contribution in [0.25, 0.3) is 0 Å². The molecule has 1 fully saturated rings. The number of carbonyl (C=O) groups is 2. The lowest BCUT2D eigenvalue weighted by Gasteiger charge is -2.43. The number of thiazole rings is 1. The lowest BCUT2D eigenvalue weighted by molar-refractivity contribution is -0.138. The SMILES string of the molecule is CC(C)[C@H](C(=O)N1CCN(c2ccc(S(=O)(=O)Nc3nccs3)cc2)C(=O)C1)N1CCCc2cc(Cl)ccc21.[HH].[HH]. The zero-order valence-electron chi connectivity index (χ0n) is 21.7. The molecule has 0 spiro atoms. The Morgan fingerprint density at radius 2 is 1.90 bits per heavy atom. The average Bonchev–Trinajstić information content (AvgIpc) is 3.41. The van der Waals surface area contributed by atoms with Gasteiger partial charge in [0, 0.05) is 50.5 Å². The summed E-state index contributed by atoms with van der Waals surface area (Å²) in [6, 6.07) is 11.6. The number of aromatic nitrogens is 1. The highest BCUT2D eigenvalue weighted by atomic mass is 35.5. The Kier molecular flexibility index (Phi) is 7.84. The van der Waals surface area contributed by atoms with Crippen molar-refractivity contribution in [2.45, 2.75) is 37.6 Å². The molecule has 0 saturated carbocycles. The number of hydrogen-bond donors (Lipinski definition) is 1. The highest BCUT2D eigenvalue weighted by Gasteiger charge is 2.37. The number of nitrogens with one attached hydrogen (secondary N) is 1. The Balaban J connectivity index is 0.00000231. The fourth-order valence-electron chi connectivity index (χ4n) is 5.24. The highest BCUT2D eigenvalue weighted by Crippen LogP contribution is 2.33. The van der Waals surface area contributed by atoms with E-state index in [2.05, 4.69) is 14.6 Å². The van der Waals surface area contributed by atoms with Crippen LogP contribution in [0.2, 0.25) is 5.02 Å². The number of halogens is 1. The van der Waals surface area contributed by atoms with Gasteiger partial charge in [-0.05, 0) is 66.8 Å². The number of benzene rings is 2. The summed E-state index contributed by atoms with van der Waals surface area (Å²) >= 11 is 7.41. The third-order valence-electron chi connectivity index (χ3n) is 7.06. The first-order valence-corrected chi connectivity index (χ1v) is 15.5. The molecular formula is C27H34ClN5O4S2. The summed E-state index contributed by atoms with van der Waals surface area (Å²) in [6.07, 6.45) is 3.37. The molecule has 0 unspecified atom stereocenters. The van der Waals surface area contributed by atoms with Crippen LogP contribution in [0, 0.1) is 5.92 Å². The topological polar surface area (TPSA) is 103 Å². The molecule has 2 aromatic carbocycles. The molecule has 39 heavy (non-hydrogen) atoms. The Bertz CT molecular complexity index is 1470. The first-order chi connectivity index (χ1) is 18.6. The maximum atomic E-state index is 13.8. The van der Waals surface area contributed by atoms with Crippen LogP contribution in [0.3, 0.4) is 0 Å². The molecule has 0 radical (unpaired) electrons. The molecule has 0 bridgehead atoms. The molecule has 210 valence electrons. The molecule has 1 atom stereocenters. The molecule has 1 N–H and O–H groups in total. The van der Waals surface area contributed by atoms with E-state index < -0.39 is 10.0 Å². The lowest BCUT2D eigenvalue weighted by Crippen LogP contribution is -2.59. The normalized spacial score (nSPS) is 16.8. The zero-order chi connectivity index (χ0) is 27.7. The number of nitrogens with zero attached hydrogens (tertiary/aromatic N) is 4.